The lowest BCUT2D eigenvalue weighted by Crippen LogP contribution is -2.07. The molecule has 1 amide bonds. The maximum atomic E-state index is 10.6. The van der Waals surface area contributed by atoms with Crippen LogP contribution in [0, 0.1) is 12.8 Å². The van der Waals surface area contributed by atoms with Crippen LogP contribution < -0.4 is 5.32 Å². The topological polar surface area (TPSA) is 53.8 Å². The minimum atomic E-state index is 0.648. The normalized spacial score (nSPS) is 16.1. The number of hydrogen-bond acceptors (Lipinski definition) is 2. The Morgan fingerprint density at radius 1 is 1.45 bits per heavy atom. The second-order valence-corrected chi connectivity index (χ2v) is 5.07. The molecule has 4 nitrogen and oxygen atoms in total. The third-order valence-electron chi connectivity index (χ3n) is 3.58. The smallest absolute Gasteiger partial charge is 0.211 e. The number of hydrogen-bond donors (Lipinski definition) is 1. The molecule has 0 aliphatic heterocycles. The first-order valence-corrected chi connectivity index (χ1v) is 7.05. The molecular weight excluding hydrogens is 250 g/mol. The summed E-state index contributed by atoms with van der Waals surface area (Å²) in [6, 6.07) is 5.90. The maximum Gasteiger partial charge on any atom is 0.211 e. The van der Waals surface area contributed by atoms with Gasteiger partial charge in [-0.25, -0.2) is 4.99 Å². The van der Waals surface area contributed by atoms with Crippen molar-refractivity contribution < 1.29 is 4.79 Å². The predicted octanol–water partition coefficient (Wildman–Crippen LogP) is 3.20. The van der Waals surface area contributed by atoms with Crippen LogP contribution in [0.5, 0.6) is 0 Å². The van der Waals surface area contributed by atoms with Crippen molar-refractivity contribution in [2.75, 3.05) is 12.4 Å². The highest BCUT2D eigenvalue weighted by atomic mass is 16.1. The quantitative estimate of drug-likeness (QED) is 0.499. The Kier molecular flexibility index (Phi) is 4.66. The number of carbonyl (C=O) groups excluding carboxylic acids is 1. The number of rotatable bonds is 5. The van der Waals surface area contributed by atoms with Gasteiger partial charge in [-0.05, 0) is 43.7 Å². The summed E-state index contributed by atoms with van der Waals surface area (Å²) in [7, 11) is 1.76. The minimum Gasteiger partial charge on any atom is -0.328 e. The van der Waals surface area contributed by atoms with E-state index >= 15 is 0 Å². The molecule has 1 aromatic rings. The number of aliphatic imine (C=N–C) groups is 2. The van der Waals surface area contributed by atoms with Crippen LogP contribution in [0.4, 0.5) is 5.69 Å². The van der Waals surface area contributed by atoms with Gasteiger partial charge in [0.25, 0.3) is 0 Å². The highest BCUT2D eigenvalue weighted by molar-refractivity contribution is 6.08. The highest BCUT2D eigenvalue weighted by Gasteiger charge is 2.26. The van der Waals surface area contributed by atoms with E-state index in [1.54, 1.807) is 7.05 Å². The summed E-state index contributed by atoms with van der Waals surface area (Å²) in [5.41, 5.74) is 4.00. The van der Waals surface area contributed by atoms with Crippen molar-refractivity contribution >= 4 is 23.6 Å². The van der Waals surface area contributed by atoms with Crippen LogP contribution in [-0.2, 0) is 4.79 Å². The first kappa shape index (κ1) is 14.4. The summed E-state index contributed by atoms with van der Waals surface area (Å²) < 4.78 is 0. The van der Waals surface area contributed by atoms with E-state index in [9.17, 15) is 4.79 Å². The molecule has 2 rings (SSSR count). The second kappa shape index (κ2) is 6.46. The Morgan fingerprint density at radius 3 is 2.75 bits per heavy atom. The molecule has 106 valence electrons. The molecule has 1 aromatic carbocycles. The Balaban J connectivity index is 2.32. The summed E-state index contributed by atoms with van der Waals surface area (Å²) >= 11 is 0. The standard InChI is InChI=1S/C16H21N3O/c1-4-14(12-7-8-12)19-16(17-3)13-6-5-11(2)15(9-13)18-10-20/h5-6,9-10,12H,4,7-8H2,1-3H3,(H,18,20). The van der Waals surface area contributed by atoms with Gasteiger partial charge in [0.15, 0.2) is 5.84 Å². The largest absolute Gasteiger partial charge is 0.328 e. The van der Waals surface area contributed by atoms with E-state index in [2.05, 4.69) is 17.2 Å². The van der Waals surface area contributed by atoms with Gasteiger partial charge in [0, 0.05) is 24.0 Å². The predicted molar refractivity (Wildman–Crippen MR) is 83.8 cm³/mol. The van der Waals surface area contributed by atoms with Crippen molar-refractivity contribution in [3.8, 4) is 0 Å². The maximum absolute atomic E-state index is 10.6. The monoisotopic (exact) mass is 271 g/mol. The van der Waals surface area contributed by atoms with Crippen LogP contribution in [0.25, 0.3) is 0 Å². The van der Waals surface area contributed by atoms with Gasteiger partial charge in [-0.15, -0.1) is 0 Å². The van der Waals surface area contributed by atoms with Crippen molar-refractivity contribution in [3.05, 3.63) is 29.3 Å². The molecule has 1 saturated carbocycles. The molecule has 1 aliphatic carbocycles. The Bertz CT molecular complexity index is 557. The van der Waals surface area contributed by atoms with Crippen molar-refractivity contribution in [1.82, 2.24) is 0 Å². The van der Waals surface area contributed by atoms with Crippen molar-refractivity contribution in [2.45, 2.75) is 33.1 Å². The zero-order chi connectivity index (χ0) is 14.5. The molecular formula is C16H21N3O. The molecule has 0 aromatic heterocycles. The van der Waals surface area contributed by atoms with Crippen LogP contribution in [0.1, 0.15) is 37.3 Å². The molecule has 20 heavy (non-hydrogen) atoms. The summed E-state index contributed by atoms with van der Waals surface area (Å²) in [5, 5.41) is 2.71. The summed E-state index contributed by atoms with van der Waals surface area (Å²) in [6.45, 7) is 4.10. The number of carbonyl (C=O) groups is 1. The van der Waals surface area contributed by atoms with Gasteiger partial charge in [-0.2, -0.15) is 0 Å². The Hall–Kier alpha value is -1.97. The van der Waals surface area contributed by atoms with Crippen molar-refractivity contribution in [2.24, 2.45) is 15.9 Å². The van der Waals surface area contributed by atoms with Gasteiger partial charge in [0.1, 0.15) is 0 Å². The fourth-order valence-electron chi connectivity index (χ4n) is 2.24. The molecule has 0 heterocycles. The van der Waals surface area contributed by atoms with E-state index in [1.807, 2.05) is 25.1 Å². The number of nitrogens with zero attached hydrogens (tertiary/aromatic N) is 2. The van der Waals surface area contributed by atoms with Gasteiger partial charge in [0.2, 0.25) is 6.41 Å². The lowest BCUT2D eigenvalue weighted by atomic mass is 10.1. The fourth-order valence-corrected chi connectivity index (χ4v) is 2.24. The van der Waals surface area contributed by atoms with Gasteiger partial charge in [-0.3, -0.25) is 9.79 Å². The molecule has 0 atom stereocenters. The zero-order valence-electron chi connectivity index (χ0n) is 12.3. The molecule has 1 aliphatic rings. The molecule has 1 fully saturated rings. The number of amidine groups is 1. The van der Waals surface area contributed by atoms with E-state index in [0.717, 1.165) is 29.1 Å². The second-order valence-electron chi connectivity index (χ2n) is 5.07. The van der Waals surface area contributed by atoms with E-state index in [4.69, 9.17) is 4.99 Å². The number of amides is 1. The number of nitrogens with one attached hydrogen (secondary N) is 1. The van der Waals surface area contributed by atoms with Crippen LogP contribution in [0.15, 0.2) is 28.2 Å². The Labute approximate surface area is 120 Å². The molecule has 4 heteroatoms. The van der Waals surface area contributed by atoms with Gasteiger partial charge in [0.05, 0.1) is 0 Å². The molecule has 0 bridgehead atoms. The summed E-state index contributed by atoms with van der Waals surface area (Å²) in [5.74, 6) is 1.39. The molecule has 1 N–H and O–H groups in total. The highest BCUT2D eigenvalue weighted by Crippen LogP contribution is 2.32. The van der Waals surface area contributed by atoms with Crippen molar-refractivity contribution in [3.63, 3.8) is 0 Å². The van der Waals surface area contributed by atoms with E-state index in [-0.39, 0.29) is 0 Å². The third-order valence-corrected chi connectivity index (χ3v) is 3.58. The summed E-state index contributed by atoms with van der Waals surface area (Å²) in [6.07, 6.45) is 4.15. The van der Waals surface area contributed by atoms with Gasteiger partial charge in [-0.1, -0.05) is 19.1 Å². The fraction of sp³-hybridized carbons (Fsp3) is 0.438. The van der Waals surface area contributed by atoms with Crippen LogP contribution in [0.2, 0.25) is 0 Å². The first-order valence-electron chi connectivity index (χ1n) is 7.05. The molecule has 0 saturated heterocycles. The van der Waals surface area contributed by atoms with Crippen LogP contribution in [0.3, 0.4) is 0 Å². The average molecular weight is 271 g/mol. The third kappa shape index (κ3) is 3.32. The lowest BCUT2D eigenvalue weighted by molar-refractivity contribution is -0.105. The molecule has 0 unspecified atom stereocenters. The minimum absolute atomic E-state index is 0.648. The average Bonchev–Trinajstić information content (AvgIpc) is 3.28. The van der Waals surface area contributed by atoms with Crippen molar-refractivity contribution in [1.29, 1.82) is 0 Å². The first-order chi connectivity index (χ1) is 9.69. The van der Waals surface area contributed by atoms with E-state index in [1.165, 1.54) is 18.6 Å². The molecule has 0 radical (unpaired) electrons. The summed E-state index contributed by atoms with van der Waals surface area (Å²) in [4.78, 5) is 19.7. The van der Waals surface area contributed by atoms with Gasteiger partial charge >= 0.3 is 0 Å². The number of aryl methyl sites for hydroxylation is 1. The van der Waals surface area contributed by atoms with Gasteiger partial charge < -0.3 is 5.32 Å². The lowest BCUT2D eigenvalue weighted by Gasteiger charge is -2.09. The van der Waals surface area contributed by atoms with E-state index < -0.39 is 0 Å². The SMILES string of the molecule is CCC(=NC(=NC)c1ccc(C)c(NC=O)c1)C1CC1. The molecule has 0 spiro atoms. The van der Waals surface area contributed by atoms with E-state index in [0.29, 0.717) is 12.3 Å². The van der Waals surface area contributed by atoms with Crippen LogP contribution >= 0.6 is 0 Å². The number of benzene rings is 1. The number of anilines is 1. The Morgan fingerprint density at radius 2 is 2.20 bits per heavy atom. The van der Waals surface area contributed by atoms with Crippen LogP contribution in [-0.4, -0.2) is 25.0 Å². The zero-order valence-corrected chi connectivity index (χ0v) is 12.3.